The molecule has 0 bridgehead atoms. The van der Waals surface area contributed by atoms with Crippen LogP contribution in [0.3, 0.4) is 0 Å². The van der Waals surface area contributed by atoms with Gasteiger partial charge in [-0.3, -0.25) is 9.78 Å². The van der Waals surface area contributed by atoms with Crippen molar-refractivity contribution in [2.24, 2.45) is 0 Å². The zero-order valence-corrected chi connectivity index (χ0v) is 11.2. The van der Waals surface area contributed by atoms with Crippen molar-refractivity contribution in [2.75, 3.05) is 0 Å². The fourth-order valence-corrected chi connectivity index (χ4v) is 2.09. The van der Waals surface area contributed by atoms with Crippen LogP contribution in [0.5, 0.6) is 0 Å². The van der Waals surface area contributed by atoms with Crippen molar-refractivity contribution in [3.05, 3.63) is 59.1 Å². The number of aromatic nitrogens is 3. The second-order valence-corrected chi connectivity index (χ2v) is 4.66. The largest absolute Gasteiger partial charge is 0.348 e. The summed E-state index contributed by atoms with van der Waals surface area (Å²) in [7, 11) is 0. The Kier molecular flexibility index (Phi) is 3.35. The van der Waals surface area contributed by atoms with Gasteiger partial charge in [0.2, 0.25) is 0 Å². The van der Waals surface area contributed by atoms with E-state index in [1.807, 2.05) is 12.1 Å². The molecule has 20 heavy (non-hydrogen) atoms. The standard InChI is InChI=1S/C14H11ClN4O/c15-12-2-1-10-11(8-17-13(10)19-12)14(20)18-7-9-3-5-16-6-4-9/h1-6,8H,7H2,(H,17,19)(H,18,20). The molecule has 0 aliphatic carbocycles. The molecule has 0 radical (unpaired) electrons. The van der Waals surface area contributed by atoms with Crippen LogP contribution >= 0.6 is 11.6 Å². The summed E-state index contributed by atoms with van der Waals surface area (Å²) in [5, 5.41) is 4.00. The lowest BCUT2D eigenvalue weighted by molar-refractivity contribution is 0.0952. The molecule has 1 amide bonds. The molecule has 3 aromatic heterocycles. The summed E-state index contributed by atoms with van der Waals surface area (Å²) in [5.74, 6) is -0.155. The van der Waals surface area contributed by atoms with Gasteiger partial charge in [-0.25, -0.2) is 4.98 Å². The van der Waals surface area contributed by atoms with Gasteiger partial charge in [0.25, 0.3) is 5.91 Å². The smallest absolute Gasteiger partial charge is 0.253 e. The quantitative estimate of drug-likeness (QED) is 0.727. The minimum absolute atomic E-state index is 0.155. The number of carbonyl (C=O) groups excluding carboxylic acids is 1. The molecule has 0 saturated carbocycles. The number of hydrogen-bond acceptors (Lipinski definition) is 3. The average Bonchev–Trinajstić information content (AvgIpc) is 2.89. The summed E-state index contributed by atoms with van der Waals surface area (Å²) < 4.78 is 0. The van der Waals surface area contributed by atoms with Gasteiger partial charge >= 0.3 is 0 Å². The van der Waals surface area contributed by atoms with Crippen LogP contribution in [0.25, 0.3) is 11.0 Å². The number of carbonyl (C=O) groups is 1. The number of halogens is 1. The Morgan fingerprint density at radius 1 is 1.25 bits per heavy atom. The van der Waals surface area contributed by atoms with E-state index in [1.165, 1.54) is 0 Å². The number of rotatable bonds is 3. The van der Waals surface area contributed by atoms with E-state index in [-0.39, 0.29) is 5.91 Å². The molecule has 100 valence electrons. The number of amides is 1. The van der Waals surface area contributed by atoms with E-state index in [4.69, 9.17) is 11.6 Å². The van der Waals surface area contributed by atoms with E-state index in [1.54, 1.807) is 30.7 Å². The maximum absolute atomic E-state index is 12.2. The SMILES string of the molecule is O=C(NCc1ccncc1)c1c[nH]c2nc(Cl)ccc12. The van der Waals surface area contributed by atoms with Gasteiger partial charge in [0.05, 0.1) is 5.56 Å². The van der Waals surface area contributed by atoms with Crippen molar-refractivity contribution in [2.45, 2.75) is 6.54 Å². The number of aromatic amines is 1. The van der Waals surface area contributed by atoms with Gasteiger partial charge in [0.1, 0.15) is 10.8 Å². The van der Waals surface area contributed by atoms with Gasteiger partial charge in [-0.1, -0.05) is 11.6 Å². The summed E-state index contributed by atoms with van der Waals surface area (Å²) >= 11 is 5.81. The van der Waals surface area contributed by atoms with Crippen molar-refractivity contribution in [1.82, 2.24) is 20.3 Å². The van der Waals surface area contributed by atoms with Crippen LogP contribution in [0.2, 0.25) is 5.15 Å². The lowest BCUT2D eigenvalue weighted by Crippen LogP contribution is -2.22. The first kappa shape index (κ1) is 12.6. The Morgan fingerprint density at radius 2 is 2.05 bits per heavy atom. The van der Waals surface area contributed by atoms with E-state index < -0.39 is 0 Å². The highest BCUT2D eigenvalue weighted by molar-refractivity contribution is 6.29. The lowest BCUT2D eigenvalue weighted by atomic mass is 10.2. The zero-order chi connectivity index (χ0) is 13.9. The number of H-pyrrole nitrogens is 1. The van der Waals surface area contributed by atoms with Crippen LogP contribution in [-0.2, 0) is 6.54 Å². The Hall–Kier alpha value is -2.40. The molecule has 5 nitrogen and oxygen atoms in total. The first-order chi connectivity index (χ1) is 9.74. The highest BCUT2D eigenvalue weighted by atomic mass is 35.5. The zero-order valence-electron chi connectivity index (χ0n) is 10.4. The maximum atomic E-state index is 12.2. The topological polar surface area (TPSA) is 70.7 Å². The molecular weight excluding hydrogens is 276 g/mol. The second-order valence-electron chi connectivity index (χ2n) is 4.27. The Labute approximate surface area is 120 Å². The van der Waals surface area contributed by atoms with E-state index >= 15 is 0 Å². The van der Waals surface area contributed by atoms with Crippen molar-refractivity contribution >= 4 is 28.5 Å². The number of nitrogens with one attached hydrogen (secondary N) is 2. The van der Waals surface area contributed by atoms with Crippen molar-refractivity contribution in [1.29, 1.82) is 0 Å². The molecule has 3 aromatic rings. The van der Waals surface area contributed by atoms with Gasteiger partial charge in [-0.05, 0) is 29.8 Å². The fraction of sp³-hybridized carbons (Fsp3) is 0.0714. The average molecular weight is 287 g/mol. The highest BCUT2D eigenvalue weighted by Gasteiger charge is 2.12. The van der Waals surface area contributed by atoms with E-state index in [0.29, 0.717) is 22.9 Å². The molecule has 0 aromatic carbocycles. The molecule has 0 aliphatic rings. The molecule has 6 heteroatoms. The van der Waals surface area contributed by atoms with Crippen molar-refractivity contribution < 1.29 is 4.79 Å². The predicted octanol–water partition coefficient (Wildman–Crippen LogP) is 2.54. The number of fused-ring (bicyclic) bond motifs is 1. The third-order valence-corrected chi connectivity index (χ3v) is 3.16. The number of nitrogens with zero attached hydrogens (tertiary/aromatic N) is 2. The minimum Gasteiger partial charge on any atom is -0.348 e. The van der Waals surface area contributed by atoms with Gasteiger partial charge in [-0.2, -0.15) is 0 Å². The number of pyridine rings is 2. The molecule has 3 rings (SSSR count). The minimum atomic E-state index is -0.155. The Bertz CT molecular complexity index is 754. The molecule has 0 aliphatic heterocycles. The van der Waals surface area contributed by atoms with Gasteiger partial charge in [0, 0.05) is 30.5 Å². The predicted molar refractivity (Wildman–Crippen MR) is 76.5 cm³/mol. The van der Waals surface area contributed by atoms with Gasteiger partial charge < -0.3 is 10.3 Å². The molecule has 0 saturated heterocycles. The Morgan fingerprint density at radius 3 is 2.85 bits per heavy atom. The second kappa shape index (κ2) is 5.30. The first-order valence-corrected chi connectivity index (χ1v) is 6.42. The van der Waals surface area contributed by atoms with Crippen molar-refractivity contribution in [3.63, 3.8) is 0 Å². The highest BCUT2D eigenvalue weighted by Crippen LogP contribution is 2.18. The number of hydrogen-bond donors (Lipinski definition) is 2. The molecule has 0 fully saturated rings. The third-order valence-electron chi connectivity index (χ3n) is 2.95. The summed E-state index contributed by atoms with van der Waals surface area (Å²) in [6, 6.07) is 7.16. The van der Waals surface area contributed by atoms with Crippen LogP contribution in [0.4, 0.5) is 0 Å². The van der Waals surface area contributed by atoms with Crippen LogP contribution in [0.15, 0.2) is 42.9 Å². The Balaban J connectivity index is 1.79. The van der Waals surface area contributed by atoms with Gasteiger partial charge in [0.15, 0.2) is 0 Å². The molecule has 0 spiro atoms. The van der Waals surface area contributed by atoms with E-state index in [2.05, 4.69) is 20.3 Å². The van der Waals surface area contributed by atoms with Crippen LogP contribution in [0, 0.1) is 0 Å². The van der Waals surface area contributed by atoms with Crippen molar-refractivity contribution in [3.8, 4) is 0 Å². The molecule has 2 N–H and O–H groups in total. The van der Waals surface area contributed by atoms with E-state index in [9.17, 15) is 4.79 Å². The van der Waals surface area contributed by atoms with Gasteiger partial charge in [-0.15, -0.1) is 0 Å². The van der Waals surface area contributed by atoms with Crippen LogP contribution < -0.4 is 5.32 Å². The lowest BCUT2D eigenvalue weighted by Gasteiger charge is -2.04. The van der Waals surface area contributed by atoms with Crippen LogP contribution in [-0.4, -0.2) is 20.9 Å². The monoisotopic (exact) mass is 286 g/mol. The molecule has 0 unspecified atom stereocenters. The van der Waals surface area contributed by atoms with Crippen LogP contribution in [0.1, 0.15) is 15.9 Å². The molecular formula is C14H11ClN4O. The summed E-state index contributed by atoms with van der Waals surface area (Å²) in [4.78, 5) is 23.2. The fourth-order valence-electron chi connectivity index (χ4n) is 1.95. The molecule has 0 atom stereocenters. The third kappa shape index (κ3) is 2.48. The summed E-state index contributed by atoms with van der Waals surface area (Å²) in [6.07, 6.45) is 5.02. The normalized spacial score (nSPS) is 10.7. The molecule has 3 heterocycles. The summed E-state index contributed by atoms with van der Waals surface area (Å²) in [5.41, 5.74) is 2.15. The van der Waals surface area contributed by atoms with E-state index in [0.717, 1.165) is 10.9 Å². The first-order valence-electron chi connectivity index (χ1n) is 6.05. The maximum Gasteiger partial charge on any atom is 0.253 e. The summed E-state index contributed by atoms with van der Waals surface area (Å²) in [6.45, 7) is 0.453.